The predicted molar refractivity (Wildman–Crippen MR) is 73.1 cm³/mol. The van der Waals surface area contributed by atoms with Gasteiger partial charge in [-0.15, -0.1) is 0 Å². The SMILES string of the molecule is Cc1oc2cc(O)ccc2c1-c1ccc(Cl)cc1. The minimum Gasteiger partial charge on any atom is -0.508 e. The third-order valence-electron chi connectivity index (χ3n) is 2.98. The van der Waals surface area contributed by atoms with E-state index in [4.69, 9.17) is 16.0 Å². The molecule has 18 heavy (non-hydrogen) atoms. The first kappa shape index (κ1) is 11.2. The van der Waals surface area contributed by atoms with E-state index in [0.717, 1.165) is 22.3 Å². The molecule has 0 aliphatic rings. The number of halogens is 1. The Bertz CT molecular complexity index is 711. The smallest absolute Gasteiger partial charge is 0.138 e. The topological polar surface area (TPSA) is 33.4 Å². The van der Waals surface area contributed by atoms with Crippen LogP contribution in [0.15, 0.2) is 46.9 Å². The number of aryl methyl sites for hydroxylation is 1. The number of furan rings is 1. The van der Waals surface area contributed by atoms with Crippen molar-refractivity contribution in [2.75, 3.05) is 0 Å². The van der Waals surface area contributed by atoms with Crippen molar-refractivity contribution >= 4 is 22.6 Å². The third kappa shape index (κ3) is 1.75. The number of fused-ring (bicyclic) bond motifs is 1. The summed E-state index contributed by atoms with van der Waals surface area (Å²) >= 11 is 5.90. The molecule has 0 amide bonds. The molecular formula is C15H11ClO2. The zero-order chi connectivity index (χ0) is 12.7. The van der Waals surface area contributed by atoms with Gasteiger partial charge in [0.2, 0.25) is 0 Å². The Balaban J connectivity index is 2.28. The molecule has 0 fully saturated rings. The molecule has 0 saturated heterocycles. The van der Waals surface area contributed by atoms with Crippen molar-refractivity contribution < 1.29 is 9.52 Å². The minimum atomic E-state index is 0.207. The van der Waals surface area contributed by atoms with E-state index >= 15 is 0 Å². The number of benzene rings is 2. The van der Waals surface area contributed by atoms with Crippen molar-refractivity contribution in [1.82, 2.24) is 0 Å². The van der Waals surface area contributed by atoms with Crippen molar-refractivity contribution in [3.05, 3.63) is 53.2 Å². The maximum absolute atomic E-state index is 9.46. The standard InChI is InChI=1S/C15H11ClO2/c1-9-15(10-2-4-11(16)5-3-10)13-7-6-12(17)8-14(13)18-9/h2-8,17H,1H3. The Morgan fingerprint density at radius 2 is 1.78 bits per heavy atom. The summed E-state index contributed by atoms with van der Waals surface area (Å²) in [4.78, 5) is 0. The molecular weight excluding hydrogens is 248 g/mol. The molecule has 1 aromatic heterocycles. The zero-order valence-corrected chi connectivity index (χ0v) is 10.5. The number of phenols is 1. The lowest BCUT2D eigenvalue weighted by atomic mass is 10.0. The van der Waals surface area contributed by atoms with Gasteiger partial charge in [-0.3, -0.25) is 0 Å². The highest BCUT2D eigenvalue weighted by Crippen LogP contribution is 2.36. The average Bonchev–Trinajstić information content (AvgIpc) is 2.65. The number of hydrogen-bond acceptors (Lipinski definition) is 2. The van der Waals surface area contributed by atoms with Gasteiger partial charge in [0.1, 0.15) is 17.1 Å². The minimum absolute atomic E-state index is 0.207. The fourth-order valence-corrected chi connectivity index (χ4v) is 2.31. The first-order valence-corrected chi connectivity index (χ1v) is 6.01. The molecule has 1 N–H and O–H groups in total. The highest BCUT2D eigenvalue weighted by molar-refractivity contribution is 6.30. The van der Waals surface area contributed by atoms with E-state index in [1.165, 1.54) is 0 Å². The Hall–Kier alpha value is -1.93. The van der Waals surface area contributed by atoms with E-state index in [9.17, 15) is 5.11 Å². The molecule has 0 bridgehead atoms. The quantitative estimate of drug-likeness (QED) is 0.682. The van der Waals surface area contributed by atoms with Crippen molar-refractivity contribution in [2.24, 2.45) is 0 Å². The molecule has 0 aliphatic heterocycles. The molecule has 2 nitrogen and oxygen atoms in total. The molecule has 0 aliphatic carbocycles. The van der Waals surface area contributed by atoms with Crippen LogP contribution in [-0.4, -0.2) is 5.11 Å². The van der Waals surface area contributed by atoms with E-state index in [2.05, 4.69) is 0 Å². The van der Waals surface area contributed by atoms with Gasteiger partial charge in [0.05, 0.1) is 0 Å². The van der Waals surface area contributed by atoms with Crippen molar-refractivity contribution in [3.63, 3.8) is 0 Å². The first-order valence-electron chi connectivity index (χ1n) is 5.63. The van der Waals surface area contributed by atoms with Gasteiger partial charge in [0.25, 0.3) is 0 Å². The largest absolute Gasteiger partial charge is 0.508 e. The van der Waals surface area contributed by atoms with Crippen LogP contribution in [0.2, 0.25) is 5.02 Å². The van der Waals surface area contributed by atoms with Gasteiger partial charge in [-0.1, -0.05) is 23.7 Å². The Morgan fingerprint density at radius 3 is 2.50 bits per heavy atom. The van der Waals surface area contributed by atoms with Gasteiger partial charge in [-0.2, -0.15) is 0 Å². The van der Waals surface area contributed by atoms with Crippen molar-refractivity contribution in [2.45, 2.75) is 6.92 Å². The summed E-state index contributed by atoms with van der Waals surface area (Å²) in [5.41, 5.74) is 2.79. The predicted octanol–water partition coefficient (Wildman–Crippen LogP) is 4.77. The van der Waals surface area contributed by atoms with Gasteiger partial charge in [-0.05, 0) is 36.8 Å². The lowest BCUT2D eigenvalue weighted by molar-refractivity contribution is 0.474. The molecule has 0 spiro atoms. The number of aromatic hydroxyl groups is 1. The Labute approximate surface area is 109 Å². The second-order valence-corrected chi connectivity index (χ2v) is 4.66. The zero-order valence-electron chi connectivity index (χ0n) is 9.77. The summed E-state index contributed by atoms with van der Waals surface area (Å²) in [7, 11) is 0. The molecule has 3 rings (SSSR count). The van der Waals surface area contributed by atoms with Crippen molar-refractivity contribution in [3.8, 4) is 16.9 Å². The molecule has 3 heteroatoms. The summed E-state index contributed by atoms with van der Waals surface area (Å²) in [6.07, 6.45) is 0. The summed E-state index contributed by atoms with van der Waals surface area (Å²) in [6, 6.07) is 12.8. The maximum atomic E-state index is 9.46. The number of rotatable bonds is 1. The molecule has 3 aromatic rings. The van der Waals surface area contributed by atoms with Gasteiger partial charge in [0, 0.05) is 22.0 Å². The van der Waals surface area contributed by atoms with Crippen LogP contribution in [0.3, 0.4) is 0 Å². The first-order chi connectivity index (χ1) is 8.65. The molecule has 0 atom stereocenters. The fraction of sp³-hybridized carbons (Fsp3) is 0.0667. The van der Waals surface area contributed by atoms with Crippen molar-refractivity contribution in [1.29, 1.82) is 0 Å². The van der Waals surface area contributed by atoms with Crippen LogP contribution in [-0.2, 0) is 0 Å². The summed E-state index contributed by atoms with van der Waals surface area (Å²) in [6.45, 7) is 1.92. The average molecular weight is 259 g/mol. The molecule has 0 radical (unpaired) electrons. The van der Waals surface area contributed by atoms with Crippen LogP contribution < -0.4 is 0 Å². The van der Waals surface area contributed by atoms with Crippen LogP contribution in [0.5, 0.6) is 5.75 Å². The van der Waals surface area contributed by atoms with Gasteiger partial charge in [0.15, 0.2) is 0 Å². The number of hydrogen-bond donors (Lipinski definition) is 1. The van der Waals surface area contributed by atoms with Gasteiger partial charge >= 0.3 is 0 Å². The van der Waals surface area contributed by atoms with Gasteiger partial charge < -0.3 is 9.52 Å². The lowest BCUT2D eigenvalue weighted by Crippen LogP contribution is -1.78. The number of phenolic OH excluding ortho intramolecular Hbond substituents is 1. The summed E-state index contributed by atoms with van der Waals surface area (Å²) in [5, 5.41) is 11.2. The van der Waals surface area contributed by atoms with Crippen LogP contribution >= 0.6 is 11.6 Å². The second-order valence-electron chi connectivity index (χ2n) is 4.22. The third-order valence-corrected chi connectivity index (χ3v) is 3.23. The van der Waals surface area contributed by atoms with E-state index in [1.807, 2.05) is 37.3 Å². The van der Waals surface area contributed by atoms with E-state index in [-0.39, 0.29) is 5.75 Å². The lowest BCUT2D eigenvalue weighted by Gasteiger charge is -2.00. The van der Waals surface area contributed by atoms with E-state index in [1.54, 1.807) is 12.1 Å². The Kier molecular flexibility index (Phi) is 2.53. The van der Waals surface area contributed by atoms with E-state index in [0.29, 0.717) is 10.6 Å². The van der Waals surface area contributed by atoms with Crippen LogP contribution in [0.25, 0.3) is 22.1 Å². The van der Waals surface area contributed by atoms with Crippen LogP contribution in [0.4, 0.5) is 0 Å². The highest BCUT2D eigenvalue weighted by Gasteiger charge is 2.13. The fourth-order valence-electron chi connectivity index (χ4n) is 2.18. The molecule has 90 valence electrons. The maximum Gasteiger partial charge on any atom is 0.138 e. The van der Waals surface area contributed by atoms with Gasteiger partial charge in [-0.25, -0.2) is 0 Å². The van der Waals surface area contributed by atoms with Crippen LogP contribution in [0, 0.1) is 6.92 Å². The summed E-state index contributed by atoms with van der Waals surface area (Å²) in [5.74, 6) is 1.04. The molecule has 1 heterocycles. The monoisotopic (exact) mass is 258 g/mol. The molecule has 0 saturated carbocycles. The second kappa shape index (κ2) is 4.07. The Morgan fingerprint density at radius 1 is 1.06 bits per heavy atom. The molecule has 0 unspecified atom stereocenters. The molecule has 2 aromatic carbocycles. The normalized spacial score (nSPS) is 11.0. The summed E-state index contributed by atoms with van der Waals surface area (Å²) < 4.78 is 5.67. The van der Waals surface area contributed by atoms with E-state index < -0.39 is 0 Å². The van der Waals surface area contributed by atoms with Crippen LogP contribution in [0.1, 0.15) is 5.76 Å². The highest BCUT2D eigenvalue weighted by atomic mass is 35.5.